The molecule has 106 valence electrons. The van der Waals surface area contributed by atoms with Gasteiger partial charge >= 0.3 is 6.18 Å². The van der Waals surface area contributed by atoms with Crippen molar-refractivity contribution in [2.45, 2.75) is 19.5 Å². The van der Waals surface area contributed by atoms with E-state index in [0.717, 1.165) is 6.07 Å². The van der Waals surface area contributed by atoms with Gasteiger partial charge in [0.05, 0.1) is 0 Å². The Balaban J connectivity index is 2.90. The third-order valence-corrected chi connectivity index (χ3v) is 2.03. The van der Waals surface area contributed by atoms with Gasteiger partial charge in [0.1, 0.15) is 5.82 Å². The molecule has 0 unspecified atom stereocenters. The molecule has 0 saturated carbocycles. The van der Waals surface area contributed by atoms with Crippen LogP contribution >= 0.6 is 0 Å². The third-order valence-electron chi connectivity index (χ3n) is 2.03. The molecule has 0 spiro atoms. The minimum Gasteiger partial charge on any atom is -0.370 e. The summed E-state index contributed by atoms with van der Waals surface area (Å²) < 4.78 is 37.9. The van der Waals surface area contributed by atoms with Crippen LogP contribution in [0.25, 0.3) is 0 Å². The maximum atomic E-state index is 12.6. The summed E-state index contributed by atoms with van der Waals surface area (Å²) >= 11 is 0. The van der Waals surface area contributed by atoms with E-state index in [9.17, 15) is 18.0 Å². The van der Waals surface area contributed by atoms with Crippen molar-refractivity contribution in [1.29, 1.82) is 0 Å². The number of nitrogens with two attached hydrogens (primary N) is 1. The average molecular weight is 277 g/mol. The lowest BCUT2D eigenvalue weighted by molar-refractivity contribution is -0.141. The summed E-state index contributed by atoms with van der Waals surface area (Å²) in [4.78, 5) is 17.7. The summed E-state index contributed by atoms with van der Waals surface area (Å²) in [5.41, 5.74) is 3.87. The van der Waals surface area contributed by atoms with E-state index in [0.29, 0.717) is 6.54 Å². The van der Waals surface area contributed by atoms with Gasteiger partial charge in [0.25, 0.3) is 0 Å². The third kappa shape index (κ3) is 4.98. The summed E-state index contributed by atoms with van der Waals surface area (Å²) in [5, 5.41) is 5.20. The molecule has 4 N–H and O–H groups in total. The number of carbonyl (C=O) groups is 1. The van der Waals surface area contributed by atoms with Gasteiger partial charge in [-0.3, -0.25) is 4.79 Å². The topological polar surface area (TPSA) is 92.9 Å². The van der Waals surface area contributed by atoms with Crippen molar-refractivity contribution in [3.8, 4) is 0 Å². The summed E-state index contributed by atoms with van der Waals surface area (Å²) in [7, 11) is 0. The quantitative estimate of drug-likeness (QED) is 0.727. The van der Waals surface area contributed by atoms with E-state index in [1.165, 1.54) is 0 Å². The van der Waals surface area contributed by atoms with E-state index in [2.05, 4.69) is 20.6 Å². The zero-order chi connectivity index (χ0) is 14.5. The molecular formula is C10H14F3N5O. The Morgan fingerprint density at radius 3 is 2.58 bits per heavy atom. The molecule has 19 heavy (non-hydrogen) atoms. The number of hydrogen-bond donors (Lipinski definition) is 3. The predicted molar refractivity (Wildman–Crippen MR) is 63.5 cm³/mol. The van der Waals surface area contributed by atoms with Gasteiger partial charge in [0.2, 0.25) is 11.9 Å². The van der Waals surface area contributed by atoms with Crippen molar-refractivity contribution in [1.82, 2.24) is 9.97 Å². The molecule has 0 aromatic carbocycles. The molecule has 1 aromatic rings. The fourth-order valence-corrected chi connectivity index (χ4v) is 1.23. The van der Waals surface area contributed by atoms with E-state index in [1.807, 2.05) is 0 Å². The van der Waals surface area contributed by atoms with Crippen molar-refractivity contribution < 1.29 is 18.0 Å². The van der Waals surface area contributed by atoms with Crippen molar-refractivity contribution in [2.24, 2.45) is 5.73 Å². The minimum absolute atomic E-state index is 0.00188. The Bertz CT molecular complexity index is 449. The van der Waals surface area contributed by atoms with E-state index < -0.39 is 17.8 Å². The molecule has 0 saturated heterocycles. The summed E-state index contributed by atoms with van der Waals surface area (Å²) in [5.74, 6) is -0.692. The Hall–Kier alpha value is -2.06. The lowest BCUT2D eigenvalue weighted by Crippen LogP contribution is -2.18. The average Bonchev–Trinajstić information content (AvgIpc) is 2.27. The van der Waals surface area contributed by atoms with Crippen LogP contribution in [0, 0.1) is 0 Å². The number of nitrogens with zero attached hydrogens (tertiary/aromatic N) is 2. The van der Waals surface area contributed by atoms with E-state index in [4.69, 9.17) is 5.73 Å². The fourth-order valence-electron chi connectivity index (χ4n) is 1.23. The zero-order valence-corrected chi connectivity index (χ0v) is 10.2. The van der Waals surface area contributed by atoms with Crippen molar-refractivity contribution >= 4 is 17.7 Å². The number of primary amides is 1. The monoisotopic (exact) mass is 277 g/mol. The van der Waals surface area contributed by atoms with E-state index in [-0.39, 0.29) is 24.7 Å². The van der Waals surface area contributed by atoms with Gasteiger partial charge < -0.3 is 16.4 Å². The molecule has 0 bridgehead atoms. The lowest BCUT2D eigenvalue weighted by Gasteiger charge is -2.11. The molecule has 0 aliphatic carbocycles. The second-order valence-electron chi connectivity index (χ2n) is 3.63. The summed E-state index contributed by atoms with van der Waals surface area (Å²) in [6.07, 6.45) is -4.56. The molecule has 0 aliphatic heterocycles. The Labute approximate surface area is 107 Å². The van der Waals surface area contributed by atoms with Crippen LogP contribution in [0.3, 0.4) is 0 Å². The molecule has 9 heteroatoms. The van der Waals surface area contributed by atoms with Gasteiger partial charge in [0, 0.05) is 25.6 Å². The smallest absolute Gasteiger partial charge is 0.370 e. The first kappa shape index (κ1) is 15.0. The van der Waals surface area contributed by atoms with Gasteiger partial charge in [0.15, 0.2) is 5.69 Å². The number of anilines is 2. The Morgan fingerprint density at radius 2 is 2.05 bits per heavy atom. The standard InChI is InChI=1S/C10H14F3N5O/c1-2-15-9-17-6(10(11,12)13)5-8(18-9)16-4-3-7(14)19/h5H,2-4H2,1H3,(H2,14,19)(H2,15,16,17,18). The number of hydrogen-bond acceptors (Lipinski definition) is 5. The number of amides is 1. The lowest BCUT2D eigenvalue weighted by atomic mass is 10.3. The number of aromatic nitrogens is 2. The van der Waals surface area contributed by atoms with Crippen LogP contribution in [0.15, 0.2) is 6.07 Å². The molecule has 0 radical (unpaired) electrons. The fraction of sp³-hybridized carbons (Fsp3) is 0.500. The first-order valence-electron chi connectivity index (χ1n) is 5.55. The number of halogens is 3. The largest absolute Gasteiger partial charge is 0.433 e. The Kier molecular flexibility index (Phi) is 4.90. The SMILES string of the molecule is CCNc1nc(NCCC(N)=O)cc(C(F)(F)F)n1. The summed E-state index contributed by atoms with van der Waals surface area (Å²) in [6.45, 7) is 2.21. The first-order valence-corrected chi connectivity index (χ1v) is 5.55. The van der Waals surface area contributed by atoms with Crippen LogP contribution in [0.2, 0.25) is 0 Å². The number of rotatable bonds is 6. The number of alkyl halides is 3. The maximum absolute atomic E-state index is 12.6. The van der Waals surface area contributed by atoms with E-state index >= 15 is 0 Å². The number of nitrogens with one attached hydrogen (secondary N) is 2. The van der Waals surface area contributed by atoms with Crippen molar-refractivity contribution in [3.05, 3.63) is 11.8 Å². The molecule has 1 heterocycles. The van der Waals surface area contributed by atoms with Crippen LogP contribution in [-0.4, -0.2) is 29.0 Å². The zero-order valence-electron chi connectivity index (χ0n) is 10.2. The highest BCUT2D eigenvalue weighted by molar-refractivity contribution is 5.74. The molecule has 0 aliphatic rings. The molecule has 1 amide bonds. The van der Waals surface area contributed by atoms with Crippen molar-refractivity contribution in [3.63, 3.8) is 0 Å². The number of carbonyl (C=O) groups excluding carboxylic acids is 1. The highest BCUT2D eigenvalue weighted by Gasteiger charge is 2.33. The first-order chi connectivity index (χ1) is 8.82. The molecular weight excluding hydrogens is 263 g/mol. The molecule has 6 nitrogen and oxygen atoms in total. The van der Waals surface area contributed by atoms with Crippen molar-refractivity contribution in [2.75, 3.05) is 23.7 Å². The van der Waals surface area contributed by atoms with E-state index in [1.54, 1.807) is 6.92 Å². The van der Waals surface area contributed by atoms with Crippen LogP contribution in [-0.2, 0) is 11.0 Å². The second-order valence-corrected chi connectivity index (χ2v) is 3.63. The van der Waals surface area contributed by atoms with Gasteiger partial charge in [-0.2, -0.15) is 18.2 Å². The minimum atomic E-state index is -4.56. The van der Waals surface area contributed by atoms with Crippen LogP contribution in [0.5, 0.6) is 0 Å². The maximum Gasteiger partial charge on any atom is 0.433 e. The molecule has 0 fully saturated rings. The van der Waals surface area contributed by atoms with Gasteiger partial charge in [-0.1, -0.05) is 0 Å². The van der Waals surface area contributed by atoms with Crippen LogP contribution < -0.4 is 16.4 Å². The van der Waals surface area contributed by atoms with Crippen LogP contribution in [0.4, 0.5) is 24.9 Å². The Morgan fingerprint density at radius 1 is 1.37 bits per heavy atom. The summed E-state index contributed by atoms with van der Waals surface area (Å²) in [6, 6.07) is 0.780. The van der Waals surface area contributed by atoms with Gasteiger partial charge in [-0.25, -0.2) is 4.98 Å². The molecule has 1 rings (SSSR count). The van der Waals surface area contributed by atoms with Gasteiger partial charge in [-0.15, -0.1) is 0 Å². The highest BCUT2D eigenvalue weighted by Crippen LogP contribution is 2.29. The normalized spacial score (nSPS) is 11.2. The van der Waals surface area contributed by atoms with Gasteiger partial charge in [-0.05, 0) is 6.92 Å². The predicted octanol–water partition coefficient (Wildman–Crippen LogP) is 1.21. The molecule has 0 atom stereocenters. The molecule has 1 aromatic heterocycles. The van der Waals surface area contributed by atoms with Crippen LogP contribution in [0.1, 0.15) is 19.0 Å². The highest BCUT2D eigenvalue weighted by atomic mass is 19.4. The second kappa shape index (κ2) is 6.21.